The van der Waals surface area contributed by atoms with Crippen molar-refractivity contribution < 1.29 is 29.3 Å². The molecule has 7 rings (SSSR count). The SMILES string of the molecule is O=C(Nc1ccc2c(c1)C(=O)OC21c2ccc(O)cc2Oc2cc(O)ccc21)c1ccc(-c2ccccc2)cc1. The highest BCUT2D eigenvalue weighted by atomic mass is 16.6. The van der Waals surface area contributed by atoms with E-state index in [1.54, 1.807) is 42.5 Å². The molecule has 2 aliphatic rings. The third-order valence-corrected chi connectivity index (χ3v) is 7.29. The summed E-state index contributed by atoms with van der Waals surface area (Å²) in [5.74, 6) is -0.314. The highest BCUT2D eigenvalue weighted by Gasteiger charge is 2.53. The number of aromatic hydroxyl groups is 2. The standard InChI is InChI=1S/C33H21NO6/c35-23-11-14-27-29(17-23)39-30-18-24(36)12-15-28(30)33(27)26-13-10-22(16-25(26)32(38)40-33)34-31(37)21-8-6-20(7-9-21)19-4-2-1-3-5-19/h1-18,35-36H,(H,34,37). The van der Waals surface area contributed by atoms with E-state index in [9.17, 15) is 19.8 Å². The number of hydrogen-bond donors (Lipinski definition) is 3. The van der Waals surface area contributed by atoms with Crippen LogP contribution in [0.4, 0.5) is 5.69 Å². The van der Waals surface area contributed by atoms with Gasteiger partial charge in [-0.3, -0.25) is 4.79 Å². The number of esters is 1. The lowest BCUT2D eigenvalue weighted by Gasteiger charge is -2.36. The smallest absolute Gasteiger partial charge is 0.340 e. The van der Waals surface area contributed by atoms with E-state index < -0.39 is 11.6 Å². The molecule has 0 saturated carbocycles. The molecular formula is C33H21NO6. The van der Waals surface area contributed by atoms with Crippen LogP contribution in [0.25, 0.3) is 11.1 Å². The molecule has 1 amide bonds. The number of benzene rings is 5. The second kappa shape index (κ2) is 8.74. The molecule has 5 aromatic rings. The first-order valence-corrected chi connectivity index (χ1v) is 12.6. The van der Waals surface area contributed by atoms with Crippen LogP contribution in [0.5, 0.6) is 23.0 Å². The molecule has 0 unspecified atom stereocenters. The Morgan fingerprint density at radius 2 is 1.27 bits per heavy atom. The second-order valence-electron chi connectivity index (χ2n) is 9.69. The van der Waals surface area contributed by atoms with Crippen molar-refractivity contribution in [3.63, 3.8) is 0 Å². The maximum atomic E-state index is 13.3. The average Bonchev–Trinajstić information content (AvgIpc) is 3.25. The Kier molecular flexibility index (Phi) is 5.15. The predicted molar refractivity (Wildman–Crippen MR) is 148 cm³/mol. The van der Waals surface area contributed by atoms with Crippen LogP contribution in [0.2, 0.25) is 0 Å². The van der Waals surface area contributed by atoms with Gasteiger partial charge in [-0.05, 0) is 59.7 Å². The number of carbonyl (C=O) groups excluding carboxylic acids is 2. The van der Waals surface area contributed by atoms with Gasteiger partial charge in [0.05, 0.1) is 5.56 Å². The van der Waals surface area contributed by atoms with Gasteiger partial charge in [-0.15, -0.1) is 0 Å². The van der Waals surface area contributed by atoms with E-state index in [2.05, 4.69) is 5.32 Å². The summed E-state index contributed by atoms with van der Waals surface area (Å²) < 4.78 is 12.1. The summed E-state index contributed by atoms with van der Waals surface area (Å²) in [4.78, 5) is 26.3. The molecule has 0 bridgehead atoms. The molecule has 3 N–H and O–H groups in total. The Labute approximate surface area is 228 Å². The van der Waals surface area contributed by atoms with Crippen LogP contribution < -0.4 is 10.1 Å². The third kappa shape index (κ3) is 3.60. The molecule has 5 aromatic carbocycles. The van der Waals surface area contributed by atoms with E-state index in [0.29, 0.717) is 39.4 Å². The van der Waals surface area contributed by atoms with Gasteiger partial charge in [0.25, 0.3) is 5.91 Å². The lowest BCUT2D eigenvalue weighted by molar-refractivity contribution is 0.0224. The predicted octanol–water partition coefficient (Wildman–Crippen LogP) is 6.59. The molecular weight excluding hydrogens is 506 g/mol. The lowest BCUT2D eigenvalue weighted by Crippen LogP contribution is -2.32. The van der Waals surface area contributed by atoms with E-state index in [1.807, 2.05) is 42.5 Å². The molecule has 0 radical (unpaired) electrons. The third-order valence-electron chi connectivity index (χ3n) is 7.29. The molecule has 2 heterocycles. The van der Waals surface area contributed by atoms with Gasteiger partial charge in [-0.25, -0.2) is 4.79 Å². The highest BCUT2D eigenvalue weighted by Crippen LogP contribution is 2.57. The highest BCUT2D eigenvalue weighted by molar-refractivity contribution is 6.06. The molecule has 0 fully saturated rings. The Morgan fingerprint density at radius 3 is 1.93 bits per heavy atom. The lowest BCUT2D eigenvalue weighted by atomic mass is 9.77. The minimum Gasteiger partial charge on any atom is -0.508 e. The first-order valence-electron chi connectivity index (χ1n) is 12.6. The first kappa shape index (κ1) is 23.5. The summed E-state index contributed by atoms with van der Waals surface area (Å²) in [5, 5.41) is 23.0. The number of hydrogen-bond acceptors (Lipinski definition) is 6. The number of nitrogens with one attached hydrogen (secondary N) is 1. The number of fused-ring (bicyclic) bond motifs is 6. The quantitative estimate of drug-likeness (QED) is 0.229. The van der Waals surface area contributed by atoms with Crippen molar-refractivity contribution in [1.29, 1.82) is 0 Å². The molecule has 1 spiro atoms. The van der Waals surface area contributed by atoms with Gasteiger partial charge in [0.2, 0.25) is 0 Å². The van der Waals surface area contributed by atoms with E-state index >= 15 is 0 Å². The van der Waals surface area contributed by atoms with Crippen molar-refractivity contribution in [2.24, 2.45) is 0 Å². The van der Waals surface area contributed by atoms with Gasteiger partial charge in [0, 0.05) is 40.1 Å². The van der Waals surface area contributed by atoms with Crippen molar-refractivity contribution in [3.05, 3.63) is 137 Å². The summed E-state index contributed by atoms with van der Waals surface area (Å²) >= 11 is 0. The van der Waals surface area contributed by atoms with Gasteiger partial charge in [0.15, 0.2) is 5.60 Å². The molecule has 194 valence electrons. The topological polar surface area (TPSA) is 105 Å². The Bertz CT molecular complexity index is 1780. The molecule has 2 aliphatic heterocycles. The van der Waals surface area contributed by atoms with Gasteiger partial charge < -0.3 is 25.0 Å². The number of amides is 1. The fraction of sp³-hybridized carbons (Fsp3) is 0.0303. The largest absolute Gasteiger partial charge is 0.508 e. The molecule has 40 heavy (non-hydrogen) atoms. The number of phenols is 2. The molecule has 0 aliphatic carbocycles. The van der Waals surface area contributed by atoms with Crippen molar-refractivity contribution in [2.45, 2.75) is 5.60 Å². The van der Waals surface area contributed by atoms with Crippen LogP contribution >= 0.6 is 0 Å². The molecule has 7 heteroatoms. The van der Waals surface area contributed by atoms with Crippen molar-refractivity contribution in [1.82, 2.24) is 0 Å². The van der Waals surface area contributed by atoms with Gasteiger partial charge >= 0.3 is 5.97 Å². The fourth-order valence-electron chi connectivity index (χ4n) is 5.43. The van der Waals surface area contributed by atoms with Crippen LogP contribution in [-0.4, -0.2) is 22.1 Å². The van der Waals surface area contributed by atoms with Crippen LogP contribution in [0, 0.1) is 0 Å². The zero-order chi connectivity index (χ0) is 27.4. The number of anilines is 1. The fourth-order valence-corrected chi connectivity index (χ4v) is 5.43. The zero-order valence-electron chi connectivity index (χ0n) is 20.9. The van der Waals surface area contributed by atoms with Crippen molar-refractivity contribution >= 4 is 17.6 Å². The first-order chi connectivity index (χ1) is 19.4. The van der Waals surface area contributed by atoms with Gasteiger partial charge in [0.1, 0.15) is 23.0 Å². The zero-order valence-corrected chi connectivity index (χ0v) is 20.9. The Morgan fingerprint density at radius 1 is 0.675 bits per heavy atom. The maximum absolute atomic E-state index is 13.3. The molecule has 0 saturated heterocycles. The van der Waals surface area contributed by atoms with Crippen LogP contribution in [-0.2, 0) is 10.3 Å². The van der Waals surface area contributed by atoms with Crippen molar-refractivity contribution in [3.8, 4) is 34.1 Å². The van der Waals surface area contributed by atoms with E-state index in [0.717, 1.165) is 11.1 Å². The van der Waals surface area contributed by atoms with Gasteiger partial charge in [-0.1, -0.05) is 48.5 Å². The Hall–Kier alpha value is -5.56. The number of ether oxygens (including phenoxy) is 2. The average molecular weight is 528 g/mol. The number of phenolic OH excluding ortho intramolecular Hbond substituents is 2. The molecule has 0 aromatic heterocycles. The molecule has 7 nitrogen and oxygen atoms in total. The molecule has 0 atom stereocenters. The summed E-state index contributed by atoms with van der Waals surface area (Å²) in [5.41, 5.74) is 3.54. The number of carbonyl (C=O) groups is 2. The minimum atomic E-state index is -1.35. The van der Waals surface area contributed by atoms with E-state index in [-0.39, 0.29) is 23.0 Å². The maximum Gasteiger partial charge on any atom is 0.340 e. The summed E-state index contributed by atoms with van der Waals surface area (Å²) in [6.45, 7) is 0. The summed E-state index contributed by atoms with van der Waals surface area (Å²) in [6, 6.07) is 31.4. The second-order valence-corrected chi connectivity index (χ2v) is 9.69. The van der Waals surface area contributed by atoms with E-state index in [1.165, 1.54) is 24.3 Å². The van der Waals surface area contributed by atoms with Gasteiger partial charge in [-0.2, -0.15) is 0 Å². The normalized spacial score (nSPS) is 13.9. The van der Waals surface area contributed by atoms with Crippen LogP contribution in [0.15, 0.2) is 109 Å². The summed E-state index contributed by atoms with van der Waals surface area (Å²) in [7, 11) is 0. The summed E-state index contributed by atoms with van der Waals surface area (Å²) in [6.07, 6.45) is 0. The monoisotopic (exact) mass is 527 g/mol. The minimum absolute atomic E-state index is 0.0167. The van der Waals surface area contributed by atoms with Crippen LogP contribution in [0.3, 0.4) is 0 Å². The number of rotatable bonds is 3. The Balaban J connectivity index is 1.25. The van der Waals surface area contributed by atoms with Crippen LogP contribution in [0.1, 0.15) is 37.4 Å². The van der Waals surface area contributed by atoms with Crippen molar-refractivity contribution in [2.75, 3.05) is 5.32 Å². The van der Waals surface area contributed by atoms with E-state index in [4.69, 9.17) is 9.47 Å².